The largest absolute Gasteiger partial charge is 0.491 e. The molecule has 36 heavy (non-hydrogen) atoms. The molecule has 4 nitrogen and oxygen atoms in total. The second-order valence-electron chi connectivity index (χ2n) is 8.83. The van der Waals surface area contributed by atoms with Crippen molar-refractivity contribution >= 4 is 5.69 Å². The number of halogens is 7. The fraction of sp³-hybridized carbons (Fsp3) is 0.520. The van der Waals surface area contributed by atoms with Gasteiger partial charge in [0, 0.05) is 6.54 Å². The number of alkyl halides is 7. The Morgan fingerprint density at radius 1 is 0.944 bits per heavy atom. The summed E-state index contributed by atoms with van der Waals surface area (Å²) >= 11 is 0. The highest BCUT2D eigenvalue weighted by molar-refractivity contribution is 5.59. The monoisotopic (exact) mass is 523 g/mol. The maximum absolute atomic E-state index is 13.3. The molecule has 0 radical (unpaired) electrons. The van der Waals surface area contributed by atoms with E-state index in [-0.39, 0.29) is 17.8 Å². The van der Waals surface area contributed by atoms with Gasteiger partial charge in [-0.15, -0.1) is 0 Å². The first-order valence-electron chi connectivity index (χ1n) is 11.6. The van der Waals surface area contributed by atoms with E-state index in [1.165, 1.54) is 23.1 Å². The van der Waals surface area contributed by atoms with Crippen molar-refractivity contribution in [2.45, 2.75) is 63.5 Å². The molecule has 0 saturated heterocycles. The number of hydrogen-bond acceptors (Lipinski definition) is 4. The standard InChI is InChI=1S/C25H28F7NO3/c26-23(27)25(31,32)36-19-10-6-9-18(13-19)14-33(15-22(34)24(28,29)30)20-11-4-5-12-21(20)35-16-17-7-2-1-3-8-17/h4-6,9-13,17,22-23,34H,1-3,7-8,14-16H2. The number of para-hydroxylation sites is 2. The van der Waals surface area contributed by atoms with Crippen LogP contribution in [0.1, 0.15) is 37.7 Å². The molecule has 2 aromatic rings. The summed E-state index contributed by atoms with van der Waals surface area (Å²) < 4.78 is 101. The number of ether oxygens (including phenoxy) is 2. The van der Waals surface area contributed by atoms with Crippen molar-refractivity contribution in [2.75, 3.05) is 18.1 Å². The van der Waals surface area contributed by atoms with Crippen LogP contribution < -0.4 is 14.4 Å². The van der Waals surface area contributed by atoms with Crippen molar-refractivity contribution in [1.82, 2.24) is 0 Å². The highest BCUT2D eigenvalue weighted by Crippen LogP contribution is 2.34. The molecule has 1 aliphatic carbocycles. The minimum Gasteiger partial charge on any atom is -0.491 e. The lowest BCUT2D eigenvalue weighted by molar-refractivity contribution is -0.253. The topological polar surface area (TPSA) is 41.9 Å². The van der Waals surface area contributed by atoms with E-state index in [1.807, 2.05) is 0 Å². The SMILES string of the molecule is OC(CN(Cc1cccc(OC(F)(F)C(F)F)c1)c1ccccc1OCC1CCCCC1)C(F)(F)F. The van der Waals surface area contributed by atoms with E-state index < -0.39 is 37.1 Å². The summed E-state index contributed by atoms with van der Waals surface area (Å²) in [6.45, 7) is -0.751. The lowest BCUT2D eigenvalue weighted by atomic mass is 9.90. The van der Waals surface area contributed by atoms with Crippen LogP contribution in [-0.4, -0.2) is 43.1 Å². The summed E-state index contributed by atoms with van der Waals surface area (Å²) in [4.78, 5) is 1.21. The van der Waals surface area contributed by atoms with Gasteiger partial charge in [-0.2, -0.15) is 30.7 Å². The first kappa shape index (κ1) is 27.9. The predicted octanol–water partition coefficient (Wildman–Crippen LogP) is 6.81. The molecule has 1 fully saturated rings. The molecule has 1 unspecified atom stereocenters. The van der Waals surface area contributed by atoms with Gasteiger partial charge in [0.15, 0.2) is 6.10 Å². The molecule has 200 valence electrons. The summed E-state index contributed by atoms with van der Waals surface area (Å²) in [6.07, 6.45) is -11.1. The minimum absolute atomic E-state index is 0.203. The van der Waals surface area contributed by atoms with Gasteiger partial charge < -0.3 is 19.5 Å². The van der Waals surface area contributed by atoms with Gasteiger partial charge in [0.2, 0.25) is 0 Å². The molecule has 0 aromatic heterocycles. The average molecular weight is 523 g/mol. The fourth-order valence-corrected chi connectivity index (χ4v) is 4.09. The van der Waals surface area contributed by atoms with Crippen LogP contribution >= 0.6 is 0 Å². The number of benzene rings is 2. The third-order valence-electron chi connectivity index (χ3n) is 5.96. The van der Waals surface area contributed by atoms with Gasteiger partial charge in [0.1, 0.15) is 11.5 Å². The smallest absolute Gasteiger partial charge is 0.461 e. The Morgan fingerprint density at radius 3 is 2.31 bits per heavy atom. The molecular weight excluding hydrogens is 495 g/mol. The summed E-state index contributed by atoms with van der Waals surface area (Å²) in [5, 5.41) is 9.77. The number of aliphatic hydroxyl groups is 1. The van der Waals surface area contributed by atoms with Crippen LogP contribution in [0.2, 0.25) is 0 Å². The van der Waals surface area contributed by atoms with Crippen molar-refractivity contribution in [1.29, 1.82) is 0 Å². The molecule has 1 aliphatic rings. The summed E-state index contributed by atoms with van der Waals surface area (Å²) in [7, 11) is 0. The Bertz CT molecular complexity index is 965. The molecule has 1 atom stereocenters. The molecule has 0 spiro atoms. The zero-order valence-electron chi connectivity index (χ0n) is 19.4. The van der Waals surface area contributed by atoms with Gasteiger partial charge in [-0.25, -0.2) is 0 Å². The number of hydrogen-bond donors (Lipinski definition) is 1. The van der Waals surface area contributed by atoms with Crippen molar-refractivity contribution < 1.29 is 45.3 Å². The highest BCUT2D eigenvalue weighted by atomic mass is 19.4. The summed E-state index contributed by atoms with van der Waals surface area (Å²) in [5.74, 6) is 0.0661. The Hall–Kier alpha value is -2.69. The van der Waals surface area contributed by atoms with Crippen LogP contribution in [0.5, 0.6) is 11.5 Å². The van der Waals surface area contributed by atoms with Crippen LogP contribution in [0.15, 0.2) is 48.5 Å². The maximum atomic E-state index is 13.3. The summed E-state index contributed by atoms with van der Waals surface area (Å²) in [6, 6.07) is 11.2. The van der Waals surface area contributed by atoms with E-state index in [4.69, 9.17) is 4.74 Å². The quantitative estimate of drug-likeness (QED) is 0.329. The molecule has 1 saturated carbocycles. The van der Waals surface area contributed by atoms with E-state index in [0.717, 1.165) is 44.2 Å². The van der Waals surface area contributed by atoms with Crippen LogP contribution in [0.4, 0.5) is 36.4 Å². The number of nitrogens with zero attached hydrogens (tertiary/aromatic N) is 1. The Balaban J connectivity index is 1.85. The lowest BCUT2D eigenvalue weighted by Gasteiger charge is -2.30. The van der Waals surface area contributed by atoms with Gasteiger partial charge in [0.25, 0.3) is 0 Å². The molecule has 0 aliphatic heterocycles. The molecular formula is C25H28F7NO3. The van der Waals surface area contributed by atoms with Gasteiger partial charge in [0.05, 0.1) is 18.8 Å². The van der Waals surface area contributed by atoms with Gasteiger partial charge in [-0.3, -0.25) is 0 Å². The maximum Gasteiger partial charge on any atom is 0.461 e. The van der Waals surface area contributed by atoms with Crippen molar-refractivity contribution in [3.05, 3.63) is 54.1 Å². The summed E-state index contributed by atoms with van der Waals surface area (Å²) in [5.41, 5.74) is 0.467. The van der Waals surface area contributed by atoms with Gasteiger partial charge in [-0.05, 0) is 48.6 Å². The number of anilines is 1. The van der Waals surface area contributed by atoms with Crippen LogP contribution in [0.3, 0.4) is 0 Å². The van der Waals surface area contributed by atoms with Crippen molar-refractivity contribution in [3.63, 3.8) is 0 Å². The Kier molecular flexibility index (Phi) is 9.32. The average Bonchev–Trinajstić information content (AvgIpc) is 2.82. The molecule has 1 N–H and O–H groups in total. The zero-order chi connectivity index (χ0) is 26.3. The Labute approximate surface area is 204 Å². The third kappa shape index (κ3) is 7.91. The highest BCUT2D eigenvalue weighted by Gasteiger charge is 2.44. The number of rotatable bonds is 11. The normalized spacial score (nSPS) is 16.1. The second-order valence-corrected chi connectivity index (χ2v) is 8.83. The van der Waals surface area contributed by atoms with Crippen LogP contribution in [0.25, 0.3) is 0 Å². The molecule has 0 heterocycles. The minimum atomic E-state index is -4.90. The number of aliphatic hydroxyl groups excluding tert-OH is 1. The van der Waals surface area contributed by atoms with E-state index in [9.17, 15) is 35.8 Å². The molecule has 0 bridgehead atoms. The lowest BCUT2D eigenvalue weighted by Crippen LogP contribution is -2.41. The van der Waals surface area contributed by atoms with Crippen LogP contribution in [-0.2, 0) is 6.54 Å². The molecule has 11 heteroatoms. The first-order valence-corrected chi connectivity index (χ1v) is 11.6. The first-order chi connectivity index (χ1) is 17.0. The second kappa shape index (κ2) is 12.0. The molecule has 2 aromatic carbocycles. The van der Waals surface area contributed by atoms with Gasteiger partial charge >= 0.3 is 18.7 Å². The van der Waals surface area contributed by atoms with E-state index >= 15 is 0 Å². The fourth-order valence-electron chi connectivity index (χ4n) is 4.09. The van der Waals surface area contributed by atoms with Crippen LogP contribution in [0, 0.1) is 5.92 Å². The van der Waals surface area contributed by atoms with E-state index in [2.05, 4.69) is 4.74 Å². The molecule has 0 amide bonds. The predicted molar refractivity (Wildman–Crippen MR) is 120 cm³/mol. The third-order valence-corrected chi connectivity index (χ3v) is 5.96. The Morgan fingerprint density at radius 2 is 1.64 bits per heavy atom. The van der Waals surface area contributed by atoms with Gasteiger partial charge in [-0.1, -0.05) is 43.5 Å². The van der Waals surface area contributed by atoms with Crippen molar-refractivity contribution in [3.8, 4) is 11.5 Å². The van der Waals surface area contributed by atoms with Crippen molar-refractivity contribution in [2.24, 2.45) is 5.92 Å². The zero-order valence-corrected chi connectivity index (χ0v) is 19.4. The van der Waals surface area contributed by atoms with E-state index in [1.54, 1.807) is 18.2 Å². The molecule has 3 rings (SSSR count). The van der Waals surface area contributed by atoms with E-state index in [0.29, 0.717) is 18.3 Å².